The first-order valence-corrected chi connectivity index (χ1v) is 8.99. The van der Waals surface area contributed by atoms with Crippen molar-refractivity contribution < 1.29 is 8.42 Å². The van der Waals surface area contributed by atoms with E-state index in [9.17, 15) is 8.42 Å². The molecule has 0 saturated heterocycles. The lowest BCUT2D eigenvalue weighted by molar-refractivity contribution is 0.584. The van der Waals surface area contributed by atoms with Crippen LogP contribution < -0.4 is 4.83 Å². The fraction of sp³-hybridized carbons (Fsp3) is 0.0588. The molecule has 0 bridgehead atoms. The number of hydrogen-bond donors (Lipinski definition) is 1. The second kappa shape index (κ2) is 6.59. The number of benzene rings is 2. The number of aryl methyl sites for hydroxylation is 1. The molecule has 0 unspecified atom stereocenters. The predicted octanol–water partition coefficient (Wildman–Crippen LogP) is 3.51. The quantitative estimate of drug-likeness (QED) is 0.440. The molecule has 1 heterocycles. The Hall–Kier alpha value is -2.44. The third kappa shape index (κ3) is 3.55. The third-order valence-corrected chi connectivity index (χ3v) is 4.95. The summed E-state index contributed by atoms with van der Waals surface area (Å²) in [6, 6.07) is 15.8. The Morgan fingerprint density at radius 2 is 1.83 bits per heavy atom. The highest BCUT2D eigenvalue weighted by Gasteiger charge is 2.12. The Morgan fingerprint density at radius 3 is 2.58 bits per heavy atom. The summed E-state index contributed by atoms with van der Waals surface area (Å²) in [5.41, 5.74) is 2.27. The number of hydrazone groups is 1. The van der Waals surface area contributed by atoms with E-state index in [1.54, 1.807) is 18.2 Å². The molecule has 1 N–H and O–H groups in total. The summed E-state index contributed by atoms with van der Waals surface area (Å²) < 4.78 is 24.3. The summed E-state index contributed by atoms with van der Waals surface area (Å²) in [6.07, 6.45) is 1.34. The zero-order valence-electron chi connectivity index (χ0n) is 12.8. The van der Waals surface area contributed by atoms with Crippen molar-refractivity contribution in [3.05, 3.63) is 70.9 Å². The van der Waals surface area contributed by atoms with Crippen molar-refractivity contribution in [1.82, 2.24) is 9.82 Å². The number of para-hydroxylation sites is 1. The van der Waals surface area contributed by atoms with Crippen LogP contribution in [0.2, 0.25) is 5.15 Å². The Kier molecular flexibility index (Phi) is 4.51. The minimum absolute atomic E-state index is 0.146. The van der Waals surface area contributed by atoms with Crippen molar-refractivity contribution in [2.45, 2.75) is 11.8 Å². The molecule has 7 heteroatoms. The summed E-state index contributed by atoms with van der Waals surface area (Å²) in [7, 11) is -3.71. The van der Waals surface area contributed by atoms with Crippen LogP contribution >= 0.6 is 11.6 Å². The molecule has 0 fully saturated rings. The molecule has 0 spiro atoms. The summed E-state index contributed by atoms with van der Waals surface area (Å²) in [5.74, 6) is 0. The van der Waals surface area contributed by atoms with Crippen molar-refractivity contribution in [3.8, 4) is 0 Å². The normalized spacial score (nSPS) is 11.9. The first-order valence-electron chi connectivity index (χ1n) is 7.12. The number of aromatic nitrogens is 1. The van der Waals surface area contributed by atoms with Crippen LogP contribution in [0.3, 0.4) is 0 Å². The van der Waals surface area contributed by atoms with Crippen LogP contribution in [0.5, 0.6) is 0 Å². The minimum Gasteiger partial charge on any atom is -0.235 e. The van der Waals surface area contributed by atoms with Gasteiger partial charge in [0, 0.05) is 10.9 Å². The number of sulfonamides is 1. The second-order valence-electron chi connectivity index (χ2n) is 5.23. The van der Waals surface area contributed by atoms with E-state index in [-0.39, 0.29) is 10.0 Å². The molecule has 0 aliphatic rings. The van der Waals surface area contributed by atoms with Gasteiger partial charge in [-0.15, -0.1) is 0 Å². The van der Waals surface area contributed by atoms with Gasteiger partial charge in [-0.05, 0) is 31.2 Å². The van der Waals surface area contributed by atoms with E-state index in [1.807, 2.05) is 31.2 Å². The standard InChI is InChI=1S/C17H14ClN3O2S/c1-12-6-8-15(9-7-12)24(22,23)21-19-11-14-10-13-4-2-3-5-16(13)20-17(14)18/h2-11,21H,1H3/b19-11-. The highest BCUT2D eigenvalue weighted by Crippen LogP contribution is 2.19. The van der Waals surface area contributed by atoms with E-state index >= 15 is 0 Å². The van der Waals surface area contributed by atoms with Crippen LogP contribution in [0.1, 0.15) is 11.1 Å². The number of hydrogen-bond acceptors (Lipinski definition) is 4. The average Bonchev–Trinajstić information content (AvgIpc) is 2.55. The van der Waals surface area contributed by atoms with Gasteiger partial charge in [0.1, 0.15) is 5.15 Å². The van der Waals surface area contributed by atoms with Gasteiger partial charge in [-0.1, -0.05) is 47.5 Å². The maximum atomic E-state index is 12.2. The molecule has 0 amide bonds. The number of nitrogens with one attached hydrogen (secondary N) is 1. The van der Waals surface area contributed by atoms with Crippen LogP contribution in [0.4, 0.5) is 0 Å². The van der Waals surface area contributed by atoms with Crippen LogP contribution in [0, 0.1) is 6.92 Å². The monoisotopic (exact) mass is 359 g/mol. The Bertz CT molecular complexity index is 1020. The predicted molar refractivity (Wildman–Crippen MR) is 95.8 cm³/mol. The number of fused-ring (bicyclic) bond motifs is 1. The van der Waals surface area contributed by atoms with Crippen LogP contribution in [-0.2, 0) is 10.0 Å². The van der Waals surface area contributed by atoms with Gasteiger partial charge in [-0.25, -0.2) is 9.82 Å². The van der Waals surface area contributed by atoms with Crippen LogP contribution in [0.15, 0.2) is 64.6 Å². The van der Waals surface area contributed by atoms with Gasteiger partial charge in [-0.2, -0.15) is 13.5 Å². The molecule has 2 aromatic carbocycles. The van der Waals surface area contributed by atoms with Gasteiger partial charge in [0.15, 0.2) is 0 Å². The summed E-state index contributed by atoms with van der Waals surface area (Å²) >= 11 is 6.11. The Labute approximate surface area is 145 Å². The van der Waals surface area contributed by atoms with Gasteiger partial charge >= 0.3 is 0 Å². The van der Waals surface area contributed by atoms with E-state index in [4.69, 9.17) is 11.6 Å². The molecule has 24 heavy (non-hydrogen) atoms. The number of rotatable bonds is 4. The fourth-order valence-corrected chi connectivity index (χ4v) is 3.12. The van der Waals surface area contributed by atoms with Crippen molar-refractivity contribution in [3.63, 3.8) is 0 Å². The van der Waals surface area contributed by atoms with Crippen LogP contribution in [-0.4, -0.2) is 19.6 Å². The molecule has 122 valence electrons. The lowest BCUT2D eigenvalue weighted by Gasteiger charge is -2.04. The first-order chi connectivity index (χ1) is 11.5. The maximum Gasteiger partial charge on any atom is 0.276 e. The number of nitrogens with zero attached hydrogens (tertiary/aromatic N) is 2. The molecule has 1 aromatic heterocycles. The minimum atomic E-state index is -3.71. The zero-order chi connectivity index (χ0) is 17.2. The van der Waals surface area contributed by atoms with Crippen LogP contribution in [0.25, 0.3) is 10.9 Å². The second-order valence-corrected chi connectivity index (χ2v) is 7.25. The third-order valence-electron chi connectivity index (χ3n) is 3.41. The maximum absolute atomic E-state index is 12.2. The van der Waals surface area contributed by atoms with E-state index in [0.717, 1.165) is 16.5 Å². The topological polar surface area (TPSA) is 71.4 Å². The van der Waals surface area contributed by atoms with E-state index in [1.165, 1.54) is 18.3 Å². The molecule has 0 aliphatic carbocycles. The largest absolute Gasteiger partial charge is 0.276 e. The number of pyridine rings is 1. The van der Waals surface area contributed by atoms with Crippen molar-refractivity contribution in [2.75, 3.05) is 0 Å². The molecule has 0 radical (unpaired) electrons. The van der Waals surface area contributed by atoms with Crippen molar-refractivity contribution in [1.29, 1.82) is 0 Å². The van der Waals surface area contributed by atoms with E-state index in [2.05, 4.69) is 14.9 Å². The van der Waals surface area contributed by atoms with E-state index in [0.29, 0.717) is 5.56 Å². The Balaban J connectivity index is 1.83. The molecule has 0 aliphatic heterocycles. The van der Waals surface area contributed by atoms with Crippen molar-refractivity contribution >= 4 is 38.7 Å². The zero-order valence-corrected chi connectivity index (χ0v) is 14.3. The summed E-state index contributed by atoms with van der Waals surface area (Å²) in [6.45, 7) is 1.89. The molecule has 0 atom stereocenters. The van der Waals surface area contributed by atoms with Gasteiger partial charge in [0.2, 0.25) is 0 Å². The van der Waals surface area contributed by atoms with Gasteiger partial charge < -0.3 is 0 Å². The number of halogens is 1. The van der Waals surface area contributed by atoms with Crippen molar-refractivity contribution in [2.24, 2.45) is 5.10 Å². The summed E-state index contributed by atoms with van der Waals surface area (Å²) in [5, 5.41) is 4.94. The van der Waals surface area contributed by atoms with Gasteiger partial charge in [0.05, 0.1) is 16.6 Å². The SMILES string of the molecule is Cc1ccc(S(=O)(=O)N/N=C\c2cc3ccccc3nc2Cl)cc1. The molecule has 0 saturated carbocycles. The molecule has 3 rings (SSSR count). The highest BCUT2D eigenvalue weighted by molar-refractivity contribution is 7.89. The lowest BCUT2D eigenvalue weighted by Crippen LogP contribution is -2.18. The smallest absolute Gasteiger partial charge is 0.235 e. The molecule has 3 aromatic rings. The first kappa shape index (κ1) is 16.4. The van der Waals surface area contributed by atoms with E-state index < -0.39 is 10.0 Å². The Morgan fingerprint density at radius 1 is 1.12 bits per heavy atom. The average molecular weight is 360 g/mol. The van der Waals surface area contributed by atoms with Gasteiger partial charge in [0.25, 0.3) is 10.0 Å². The highest BCUT2D eigenvalue weighted by atomic mass is 35.5. The molecular weight excluding hydrogens is 346 g/mol. The molecule has 5 nitrogen and oxygen atoms in total. The van der Waals surface area contributed by atoms with Gasteiger partial charge in [-0.3, -0.25) is 0 Å². The summed E-state index contributed by atoms with van der Waals surface area (Å²) in [4.78, 5) is 6.58. The lowest BCUT2D eigenvalue weighted by atomic mass is 10.2. The fourth-order valence-electron chi connectivity index (χ4n) is 2.13. The molecular formula is C17H14ClN3O2S.